The van der Waals surface area contributed by atoms with Gasteiger partial charge in [0.1, 0.15) is 6.10 Å². The Morgan fingerprint density at radius 3 is 2.00 bits per heavy atom. The third kappa shape index (κ3) is 7.50. The van der Waals surface area contributed by atoms with Gasteiger partial charge in [0.2, 0.25) is 11.5 Å². The van der Waals surface area contributed by atoms with E-state index >= 15 is 0 Å². The van der Waals surface area contributed by atoms with Crippen molar-refractivity contribution in [3.63, 3.8) is 0 Å². The van der Waals surface area contributed by atoms with Crippen LogP contribution in [0.3, 0.4) is 0 Å². The molecule has 0 fully saturated rings. The van der Waals surface area contributed by atoms with Crippen molar-refractivity contribution in [2.24, 2.45) is 11.8 Å². The van der Waals surface area contributed by atoms with E-state index in [0.717, 1.165) is 32.1 Å². The second-order valence-corrected chi connectivity index (χ2v) is 8.27. The smallest absolute Gasteiger partial charge is 0.204 e. The molecule has 0 saturated heterocycles. The van der Waals surface area contributed by atoms with Crippen LogP contribution in [0.15, 0.2) is 46.5 Å². The molecule has 4 nitrogen and oxygen atoms in total. The van der Waals surface area contributed by atoms with E-state index in [4.69, 9.17) is 14.2 Å². The molecule has 3 unspecified atom stereocenters. The second kappa shape index (κ2) is 12.7. The highest BCUT2D eigenvalue weighted by molar-refractivity contribution is 5.97. The third-order valence-electron chi connectivity index (χ3n) is 5.69. The summed E-state index contributed by atoms with van der Waals surface area (Å²) in [6, 6.07) is 0. The Labute approximate surface area is 177 Å². The lowest BCUT2D eigenvalue weighted by Crippen LogP contribution is -2.41. The Bertz CT molecular complexity index is 662. The normalized spacial score (nSPS) is 23.3. The Kier molecular flexibility index (Phi) is 11.0. The third-order valence-corrected chi connectivity index (χ3v) is 5.69. The van der Waals surface area contributed by atoms with Gasteiger partial charge in [-0.15, -0.1) is 0 Å². The van der Waals surface area contributed by atoms with Gasteiger partial charge in [-0.3, -0.25) is 4.79 Å². The lowest BCUT2D eigenvalue weighted by Gasteiger charge is -2.35. The maximum absolute atomic E-state index is 12.7. The van der Waals surface area contributed by atoms with Gasteiger partial charge in [0.15, 0.2) is 5.76 Å². The molecular weight excluding hydrogens is 364 g/mol. The van der Waals surface area contributed by atoms with E-state index in [1.807, 2.05) is 6.92 Å². The van der Waals surface area contributed by atoms with Crippen molar-refractivity contribution in [1.29, 1.82) is 0 Å². The van der Waals surface area contributed by atoms with Gasteiger partial charge in [0, 0.05) is 18.9 Å². The largest absolute Gasteiger partial charge is 0.494 e. The van der Waals surface area contributed by atoms with Crippen LogP contribution < -0.4 is 0 Å². The quantitative estimate of drug-likeness (QED) is 0.387. The fraction of sp³-hybridized carbons (Fsp3) is 0.640. The molecule has 0 radical (unpaired) electrons. The van der Waals surface area contributed by atoms with E-state index in [-0.39, 0.29) is 29.5 Å². The average molecular weight is 405 g/mol. The van der Waals surface area contributed by atoms with E-state index in [0.29, 0.717) is 5.76 Å². The van der Waals surface area contributed by atoms with Gasteiger partial charge in [-0.25, -0.2) is 0 Å². The highest BCUT2D eigenvalue weighted by atomic mass is 16.5. The first-order chi connectivity index (χ1) is 13.8. The minimum absolute atomic E-state index is 0.0105. The Balaban J connectivity index is 2.71. The molecule has 4 heteroatoms. The minimum Gasteiger partial charge on any atom is -0.494 e. The maximum atomic E-state index is 12.7. The van der Waals surface area contributed by atoms with Crippen molar-refractivity contribution in [3.05, 3.63) is 46.5 Å². The predicted molar refractivity (Wildman–Crippen MR) is 120 cm³/mol. The Morgan fingerprint density at radius 2 is 1.48 bits per heavy atom. The molecule has 0 aromatic carbocycles. The van der Waals surface area contributed by atoms with Gasteiger partial charge >= 0.3 is 0 Å². The first kappa shape index (κ1) is 25.2. The first-order valence-corrected chi connectivity index (χ1v) is 10.6. The lowest BCUT2D eigenvalue weighted by molar-refractivity contribution is -0.129. The molecule has 0 aromatic heterocycles. The summed E-state index contributed by atoms with van der Waals surface area (Å²) in [4.78, 5) is 12.7. The van der Waals surface area contributed by atoms with Gasteiger partial charge in [0.25, 0.3) is 0 Å². The molecule has 0 N–H and O–H groups in total. The molecule has 0 aliphatic heterocycles. The maximum Gasteiger partial charge on any atom is 0.204 e. The van der Waals surface area contributed by atoms with E-state index in [1.54, 1.807) is 14.2 Å². The first-order valence-electron chi connectivity index (χ1n) is 10.6. The van der Waals surface area contributed by atoms with Crippen LogP contribution in [0.1, 0.15) is 66.7 Å². The molecule has 3 atom stereocenters. The highest BCUT2D eigenvalue weighted by Crippen LogP contribution is 2.37. The van der Waals surface area contributed by atoms with Crippen LogP contribution in [0, 0.1) is 11.8 Å². The van der Waals surface area contributed by atoms with Gasteiger partial charge in [-0.2, -0.15) is 0 Å². The standard InChI is InChI=1S/C25H40O4/c1-17(2)11-9-12-18(3)13-10-14-19(4)15-16-21-20(5)22(26)24(28-7)25(29-8)23(21)27-6/h11,13,15,20-21,23H,9-10,12,14,16H2,1-8H3/b18-13+,19-15+. The summed E-state index contributed by atoms with van der Waals surface area (Å²) in [5.74, 6) is 0.651. The van der Waals surface area contributed by atoms with E-state index < -0.39 is 0 Å². The fourth-order valence-electron chi connectivity index (χ4n) is 3.80. The second-order valence-electron chi connectivity index (χ2n) is 8.27. The molecule has 0 amide bonds. The van der Waals surface area contributed by atoms with E-state index in [9.17, 15) is 4.79 Å². The van der Waals surface area contributed by atoms with Crippen LogP contribution in [0.25, 0.3) is 0 Å². The van der Waals surface area contributed by atoms with Crippen LogP contribution in [0.5, 0.6) is 0 Å². The van der Waals surface area contributed by atoms with Gasteiger partial charge in [-0.05, 0) is 59.8 Å². The van der Waals surface area contributed by atoms with Crippen molar-refractivity contribution in [1.82, 2.24) is 0 Å². The minimum atomic E-state index is -0.274. The zero-order valence-electron chi connectivity index (χ0n) is 19.6. The number of ketones is 1. The molecule has 0 spiro atoms. The number of ether oxygens (including phenoxy) is 3. The molecule has 164 valence electrons. The average Bonchev–Trinajstić information content (AvgIpc) is 2.68. The van der Waals surface area contributed by atoms with Crippen molar-refractivity contribution >= 4 is 5.78 Å². The molecule has 0 saturated carbocycles. The predicted octanol–water partition coefficient (Wildman–Crippen LogP) is 6.15. The van der Waals surface area contributed by atoms with Gasteiger partial charge < -0.3 is 14.2 Å². The summed E-state index contributed by atoms with van der Waals surface area (Å²) < 4.78 is 16.5. The SMILES string of the molecule is COC1=C(OC)C(OC)C(C/C=C(\C)CC/C=C(\C)CCC=C(C)C)C(C)C1=O. The van der Waals surface area contributed by atoms with Gasteiger partial charge in [0.05, 0.1) is 14.2 Å². The number of rotatable bonds is 11. The topological polar surface area (TPSA) is 44.8 Å². The Hall–Kier alpha value is -1.81. The molecule has 1 aliphatic carbocycles. The number of Topliss-reactive ketones (excluding diaryl/α,β-unsaturated/α-hetero) is 1. The molecule has 0 bridgehead atoms. The molecular formula is C25H40O4. The van der Waals surface area contributed by atoms with Crippen molar-refractivity contribution < 1.29 is 19.0 Å². The molecule has 29 heavy (non-hydrogen) atoms. The zero-order chi connectivity index (χ0) is 22.0. The molecule has 0 heterocycles. The summed E-state index contributed by atoms with van der Waals surface area (Å²) in [5, 5.41) is 0. The number of carbonyl (C=O) groups excluding carboxylic acids is 1. The fourth-order valence-corrected chi connectivity index (χ4v) is 3.80. The van der Waals surface area contributed by atoms with Gasteiger partial charge in [-0.1, -0.05) is 41.9 Å². The van der Waals surface area contributed by atoms with Crippen molar-refractivity contribution in [3.8, 4) is 0 Å². The summed E-state index contributed by atoms with van der Waals surface area (Å²) in [6.45, 7) is 10.6. The van der Waals surface area contributed by atoms with Crippen LogP contribution in [0.2, 0.25) is 0 Å². The van der Waals surface area contributed by atoms with E-state index in [1.165, 1.54) is 23.8 Å². The number of allylic oxidation sites excluding steroid dienone is 7. The molecule has 0 aromatic rings. The molecule has 1 aliphatic rings. The Morgan fingerprint density at radius 1 is 0.897 bits per heavy atom. The summed E-state index contributed by atoms with van der Waals surface area (Å²) in [7, 11) is 4.73. The summed E-state index contributed by atoms with van der Waals surface area (Å²) in [5.41, 5.74) is 4.17. The van der Waals surface area contributed by atoms with E-state index in [2.05, 4.69) is 45.9 Å². The monoisotopic (exact) mass is 404 g/mol. The zero-order valence-corrected chi connectivity index (χ0v) is 19.6. The number of hydrogen-bond acceptors (Lipinski definition) is 4. The van der Waals surface area contributed by atoms with Crippen LogP contribution in [-0.4, -0.2) is 33.2 Å². The number of hydrogen-bond donors (Lipinski definition) is 0. The number of methoxy groups -OCH3 is 3. The van der Waals surface area contributed by atoms with Crippen molar-refractivity contribution in [2.45, 2.75) is 72.8 Å². The number of carbonyl (C=O) groups is 1. The van der Waals surface area contributed by atoms with Crippen molar-refractivity contribution in [2.75, 3.05) is 21.3 Å². The van der Waals surface area contributed by atoms with Crippen LogP contribution in [-0.2, 0) is 19.0 Å². The summed E-state index contributed by atoms with van der Waals surface area (Å²) in [6.07, 6.45) is 11.7. The highest BCUT2D eigenvalue weighted by Gasteiger charge is 2.43. The van der Waals surface area contributed by atoms with Crippen LogP contribution in [0.4, 0.5) is 0 Å². The molecule has 1 rings (SSSR count). The van der Waals surface area contributed by atoms with Crippen LogP contribution >= 0.6 is 0 Å². The summed E-state index contributed by atoms with van der Waals surface area (Å²) >= 11 is 0. The lowest BCUT2D eigenvalue weighted by atomic mass is 9.77.